The zero-order chi connectivity index (χ0) is 19.2. The average molecular weight is 407 g/mol. The van der Waals surface area contributed by atoms with E-state index in [2.05, 4.69) is 34.7 Å². The summed E-state index contributed by atoms with van der Waals surface area (Å²) < 4.78 is 6.10. The van der Waals surface area contributed by atoms with Gasteiger partial charge in [-0.1, -0.05) is 61.9 Å². The van der Waals surface area contributed by atoms with Crippen LogP contribution in [0, 0.1) is 11.8 Å². The fourth-order valence-electron chi connectivity index (χ4n) is 3.34. The van der Waals surface area contributed by atoms with Gasteiger partial charge >= 0.3 is 0 Å². The lowest BCUT2D eigenvalue weighted by Crippen LogP contribution is -2.44. The second-order valence-corrected chi connectivity index (χ2v) is 9.13. The standard InChI is InChI=1S/C19H26N4O2S2/c1-12-7-6-9-14(13(12)2)20-17(24)11-26-19-23-22-18(27-19)21-15-8-4-5-10-16(15)25-3/h4-5,8,10,12-14H,6-7,9,11H2,1-3H3,(H,20,24)(H,21,22). The number of thioether (sulfide) groups is 1. The molecule has 1 fully saturated rings. The Morgan fingerprint density at radius 2 is 2.11 bits per heavy atom. The molecule has 1 aromatic heterocycles. The lowest BCUT2D eigenvalue weighted by atomic mass is 9.78. The fourth-order valence-corrected chi connectivity index (χ4v) is 4.92. The summed E-state index contributed by atoms with van der Waals surface area (Å²) in [5, 5.41) is 15.4. The molecule has 6 nitrogen and oxygen atoms in total. The Bertz CT molecular complexity index is 768. The summed E-state index contributed by atoms with van der Waals surface area (Å²) in [6, 6.07) is 7.94. The Morgan fingerprint density at radius 1 is 1.30 bits per heavy atom. The molecule has 1 aliphatic rings. The number of aromatic nitrogens is 2. The quantitative estimate of drug-likeness (QED) is 0.667. The van der Waals surface area contributed by atoms with E-state index in [0.717, 1.165) is 22.2 Å². The van der Waals surface area contributed by atoms with Crippen LogP contribution >= 0.6 is 23.1 Å². The Morgan fingerprint density at radius 3 is 2.93 bits per heavy atom. The third-order valence-corrected chi connectivity index (χ3v) is 7.11. The van der Waals surface area contributed by atoms with E-state index in [4.69, 9.17) is 4.74 Å². The van der Waals surface area contributed by atoms with Gasteiger partial charge in [0.15, 0.2) is 4.34 Å². The molecule has 2 aromatic rings. The molecule has 0 saturated heterocycles. The Balaban J connectivity index is 1.50. The topological polar surface area (TPSA) is 76.1 Å². The van der Waals surface area contributed by atoms with Crippen LogP contribution in [-0.2, 0) is 4.79 Å². The number of hydrogen-bond donors (Lipinski definition) is 2. The minimum atomic E-state index is 0.0698. The van der Waals surface area contributed by atoms with Crippen molar-refractivity contribution in [2.24, 2.45) is 11.8 Å². The summed E-state index contributed by atoms with van der Waals surface area (Å²) in [5.41, 5.74) is 0.839. The van der Waals surface area contributed by atoms with Gasteiger partial charge in [0.2, 0.25) is 11.0 Å². The van der Waals surface area contributed by atoms with E-state index in [0.29, 0.717) is 28.8 Å². The second kappa shape index (κ2) is 9.41. The number of methoxy groups -OCH3 is 1. The van der Waals surface area contributed by atoms with Crippen molar-refractivity contribution in [3.63, 3.8) is 0 Å². The third kappa shape index (κ3) is 5.35. The van der Waals surface area contributed by atoms with Gasteiger partial charge in [0.1, 0.15) is 5.75 Å². The number of para-hydroxylation sites is 2. The van der Waals surface area contributed by atoms with E-state index < -0.39 is 0 Å². The first-order chi connectivity index (χ1) is 13.1. The third-order valence-electron chi connectivity index (χ3n) is 5.13. The normalized spacial score (nSPS) is 22.3. The van der Waals surface area contributed by atoms with Crippen LogP contribution in [0.3, 0.4) is 0 Å². The van der Waals surface area contributed by atoms with Gasteiger partial charge in [-0.25, -0.2) is 0 Å². The molecular weight excluding hydrogens is 380 g/mol. The van der Waals surface area contributed by atoms with E-state index in [1.165, 1.54) is 35.9 Å². The Labute approximate surface area is 168 Å². The summed E-state index contributed by atoms with van der Waals surface area (Å²) in [7, 11) is 1.63. The highest BCUT2D eigenvalue weighted by Gasteiger charge is 2.28. The van der Waals surface area contributed by atoms with E-state index in [1.807, 2.05) is 24.3 Å². The van der Waals surface area contributed by atoms with Crippen molar-refractivity contribution in [2.75, 3.05) is 18.2 Å². The number of ether oxygens (including phenoxy) is 1. The van der Waals surface area contributed by atoms with E-state index >= 15 is 0 Å². The van der Waals surface area contributed by atoms with Gasteiger partial charge in [0.25, 0.3) is 0 Å². The maximum atomic E-state index is 12.3. The maximum Gasteiger partial charge on any atom is 0.230 e. The zero-order valence-corrected chi connectivity index (χ0v) is 17.5. The molecule has 1 heterocycles. The van der Waals surface area contributed by atoms with Crippen LogP contribution in [0.2, 0.25) is 0 Å². The van der Waals surface area contributed by atoms with Crippen molar-refractivity contribution in [3.8, 4) is 5.75 Å². The molecule has 0 spiro atoms. The Hall–Kier alpha value is -1.80. The van der Waals surface area contributed by atoms with Crippen LogP contribution in [0.15, 0.2) is 28.6 Å². The highest BCUT2D eigenvalue weighted by molar-refractivity contribution is 8.01. The Kier molecular flexibility index (Phi) is 6.95. The number of amides is 1. The minimum absolute atomic E-state index is 0.0698. The predicted molar refractivity (Wildman–Crippen MR) is 111 cm³/mol. The first-order valence-corrected chi connectivity index (χ1v) is 11.0. The number of nitrogens with zero attached hydrogens (tertiary/aromatic N) is 2. The van der Waals surface area contributed by atoms with Crippen molar-refractivity contribution in [1.82, 2.24) is 15.5 Å². The molecule has 3 rings (SSSR count). The molecule has 146 valence electrons. The number of benzene rings is 1. The first-order valence-electron chi connectivity index (χ1n) is 9.22. The predicted octanol–water partition coefficient (Wildman–Crippen LogP) is 4.32. The average Bonchev–Trinajstić information content (AvgIpc) is 3.12. The number of hydrogen-bond acceptors (Lipinski definition) is 7. The smallest absolute Gasteiger partial charge is 0.230 e. The van der Waals surface area contributed by atoms with E-state index in [9.17, 15) is 4.79 Å². The molecule has 1 aliphatic carbocycles. The van der Waals surface area contributed by atoms with Crippen LogP contribution in [-0.4, -0.2) is 35.0 Å². The zero-order valence-electron chi connectivity index (χ0n) is 15.9. The highest BCUT2D eigenvalue weighted by atomic mass is 32.2. The molecule has 2 N–H and O–H groups in total. The molecule has 1 aromatic carbocycles. The number of carbonyl (C=O) groups is 1. The molecule has 3 unspecified atom stereocenters. The summed E-state index contributed by atoms with van der Waals surface area (Å²) in [4.78, 5) is 12.3. The lowest BCUT2D eigenvalue weighted by Gasteiger charge is -2.34. The summed E-state index contributed by atoms with van der Waals surface area (Å²) in [5.74, 6) is 2.38. The lowest BCUT2D eigenvalue weighted by molar-refractivity contribution is -0.119. The molecule has 3 atom stereocenters. The van der Waals surface area contributed by atoms with Gasteiger partial charge in [0.05, 0.1) is 18.6 Å². The molecule has 27 heavy (non-hydrogen) atoms. The number of nitrogens with one attached hydrogen (secondary N) is 2. The van der Waals surface area contributed by atoms with Crippen molar-refractivity contribution >= 4 is 39.8 Å². The fraction of sp³-hybridized carbons (Fsp3) is 0.526. The van der Waals surface area contributed by atoms with Gasteiger partial charge in [-0.05, 0) is 30.4 Å². The van der Waals surface area contributed by atoms with Gasteiger partial charge in [-0.15, -0.1) is 10.2 Å². The molecule has 8 heteroatoms. The van der Waals surface area contributed by atoms with Crippen LogP contribution in [0.5, 0.6) is 5.75 Å². The number of anilines is 2. The maximum absolute atomic E-state index is 12.3. The van der Waals surface area contributed by atoms with Crippen LogP contribution in [0.4, 0.5) is 10.8 Å². The first kappa shape index (κ1) is 19.9. The molecule has 0 radical (unpaired) electrons. The molecular formula is C19H26N4O2S2. The molecule has 0 bridgehead atoms. The minimum Gasteiger partial charge on any atom is -0.495 e. The van der Waals surface area contributed by atoms with E-state index in [-0.39, 0.29) is 5.91 Å². The summed E-state index contributed by atoms with van der Waals surface area (Å²) >= 11 is 2.85. The summed E-state index contributed by atoms with van der Waals surface area (Å²) in [6.45, 7) is 4.51. The molecule has 1 amide bonds. The van der Waals surface area contributed by atoms with Gasteiger partial charge in [0, 0.05) is 6.04 Å². The van der Waals surface area contributed by atoms with Crippen LogP contribution < -0.4 is 15.4 Å². The van der Waals surface area contributed by atoms with Crippen LogP contribution in [0.1, 0.15) is 33.1 Å². The monoisotopic (exact) mass is 406 g/mol. The van der Waals surface area contributed by atoms with Crippen LogP contribution in [0.25, 0.3) is 0 Å². The van der Waals surface area contributed by atoms with Gasteiger partial charge < -0.3 is 15.4 Å². The van der Waals surface area contributed by atoms with Crippen molar-refractivity contribution < 1.29 is 9.53 Å². The number of carbonyl (C=O) groups excluding carboxylic acids is 1. The van der Waals surface area contributed by atoms with Crippen molar-refractivity contribution in [3.05, 3.63) is 24.3 Å². The summed E-state index contributed by atoms with van der Waals surface area (Å²) in [6.07, 6.45) is 3.53. The highest BCUT2D eigenvalue weighted by Crippen LogP contribution is 2.32. The van der Waals surface area contributed by atoms with Crippen molar-refractivity contribution in [2.45, 2.75) is 43.5 Å². The molecule has 0 aliphatic heterocycles. The van der Waals surface area contributed by atoms with Gasteiger partial charge in [-0.2, -0.15) is 0 Å². The largest absolute Gasteiger partial charge is 0.495 e. The number of rotatable bonds is 7. The van der Waals surface area contributed by atoms with E-state index in [1.54, 1.807) is 7.11 Å². The van der Waals surface area contributed by atoms with Crippen molar-refractivity contribution in [1.29, 1.82) is 0 Å². The second-order valence-electron chi connectivity index (χ2n) is 6.93. The molecule has 1 saturated carbocycles. The van der Waals surface area contributed by atoms with Gasteiger partial charge in [-0.3, -0.25) is 4.79 Å². The SMILES string of the molecule is COc1ccccc1Nc1nnc(SCC(=O)NC2CCCC(C)C2C)s1.